The zero-order valence-electron chi connectivity index (χ0n) is 12.7. The normalized spacial score (nSPS) is 27.8. The van der Waals surface area contributed by atoms with E-state index in [1.165, 1.54) is 17.9 Å². The van der Waals surface area contributed by atoms with E-state index in [-0.39, 0.29) is 28.8 Å². The molecule has 1 saturated heterocycles. The summed E-state index contributed by atoms with van der Waals surface area (Å²) >= 11 is 5.14. The van der Waals surface area contributed by atoms with Gasteiger partial charge in [0.15, 0.2) is 11.0 Å². The molecule has 0 spiro atoms. The predicted octanol–water partition coefficient (Wildman–Crippen LogP) is 0.926. The molecule has 22 heavy (non-hydrogen) atoms. The smallest absolute Gasteiger partial charge is 0.310 e. The lowest BCUT2D eigenvalue weighted by Crippen LogP contribution is -2.28. The molecule has 0 saturated carbocycles. The van der Waals surface area contributed by atoms with Gasteiger partial charge in [0.2, 0.25) is 0 Å². The fourth-order valence-electron chi connectivity index (χ4n) is 2.63. The number of H-pyrrole nitrogens is 1. The quantitative estimate of drug-likeness (QED) is 0.631. The number of rotatable bonds is 4. The number of aromatic amines is 1. The third-order valence-electron chi connectivity index (χ3n) is 4.01. The number of methoxy groups -OCH3 is 1. The minimum absolute atomic E-state index is 0.0483. The van der Waals surface area contributed by atoms with E-state index in [0.717, 1.165) is 6.42 Å². The largest absolute Gasteiger partial charge is 0.469 e. The van der Waals surface area contributed by atoms with Crippen LogP contribution in [0.4, 0.5) is 0 Å². The first-order valence-electron chi connectivity index (χ1n) is 7.13. The molecule has 2 heterocycles. The summed E-state index contributed by atoms with van der Waals surface area (Å²) in [6.07, 6.45) is 0.542. The number of esters is 1. The monoisotopic (exact) mass is 328 g/mol. The Kier molecular flexibility index (Phi) is 5.15. The molecule has 1 aliphatic heterocycles. The van der Waals surface area contributed by atoms with Crippen LogP contribution in [0.5, 0.6) is 0 Å². The van der Waals surface area contributed by atoms with Crippen molar-refractivity contribution in [2.24, 2.45) is 5.92 Å². The Hall–Kier alpha value is -1.51. The topological polar surface area (TPSA) is 93.5 Å². The summed E-state index contributed by atoms with van der Waals surface area (Å²) in [5.74, 6) is -0.574. The van der Waals surface area contributed by atoms with Gasteiger partial charge in [-0.15, -0.1) is 0 Å². The zero-order valence-corrected chi connectivity index (χ0v) is 13.6. The molecule has 1 aliphatic rings. The molecule has 2 rings (SSSR count). The number of aliphatic hydroxyl groups is 1. The molecule has 2 unspecified atom stereocenters. The van der Waals surface area contributed by atoms with Crippen molar-refractivity contribution in [1.82, 2.24) is 9.55 Å². The molecule has 4 atom stereocenters. The first-order valence-corrected chi connectivity index (χ1v) is 7.54. The van der Waals surface area contributed by atoms with Gasteiger partial charge in [-0.3, -0.25) is 19.1 Å². The SMILES string of the molecule is CC[C@H]1O[C@@H](n2cc(CC(=O)OC)c(=O)[nH]c2=S)C(O)C1C. The summed E-state index contributed by atoms with van der Waals surface area (Å²) < 4.78 is 12.0. The second kappa shape index (κ2) is 6.72. The summed E-state index contributed by atoms with van der Waals surface area (Å²) in [5, 5.41) is 10.3. The number of aromatic nitrogens is 2. The van der Waals surface area contributed by atoms with E-state index < -0.39 is 23.9 Å². The molecule has 122 valence electrons. The van der Waals surface area contributed by atoms with Crippen LogP contribution in [0.3, 0.4) is 0 Å². The Morgan fingerprint density at radius 1 is 1.59 bits per heavy atom. The van der Waals surface area contributed by atoms with Crippen LogP contribution in [0.2, 0.25) is 0 Å². The number of ether oxygens (including phenoxy) is 2. The Balaban J connectivity index is 2.39. The number of nitrogens with one attached hydrogen (secondary N) is 1. The lowest BCUT2D eigenvalue weighted by atomic mass is 9.99. The first-order chi connectivity index (χ1) is 10.4. The fourth-order valence-corrected chi connectivity index (χ4v) is 2.88. The maximum atomic E-state index is 11.9. The van der Waals surface area contributed by atoms with Crippen molar-refractivity contribution in [3.63, 3.8) is 0 Å². The van der Waals surface area contributed by atoms with Crippen molar-refractivity contribution in [1.29, 1.82) is 0 Å². The van der Waals surface area contributed by atoms with Crippen LogP contribution in [0.15, 0.2) is 11.0 Å². The molecule has 0 aromatic carbocycles. The molecule has 0 radical (unpaired) electrons. The molecule has 0 amide bonds. The zero-order chi connectivity index (χ0) is 16.4. The van der Waals surface area contributed by atoms with E-state index in [1.807, 2.05) is 13.8 Å². The average molecular weight is 328 g/mol. The third kappa shape index (κ3) is 3.13. The number of hydrogen-bond donors (Lipinski definition) is 2. The Morgan fingerprint density at radius 2 is 2.27 bits per heavy atom. The molecule has 7 nitrogen and oxygen atoms in total. The number of carbonyl (C=O) groups is 1. The van der Waals surface area contributed by atoms with E-state index in [4.69, 9.17) is 17.0 Å². The predicted molar refractivity (Wildman–Crippen MR) is 81.0 cm³/mol. The standard InChI is InChI=1S/C14H20N2O5S/c1-4-9-7(2)11(18)13(21-9)16-6-8(5-10(17)20-3)12(19)15-14(16)22/h6-7,9,11,13,18H,4-5H2,1-3H3,(H,15,19,22)/t7?,9-,11?,13-/m1/s1. The summed E-state index contributed by atoms with van der Waals surface area (Å²) in [6, 6.07) is 0. The van der Waals surface area contributed by atoms with E-state index in [0.29, 0.717) is 0 Å². The number of aliphatic hydroxyl groups excluding tert-OH is 1. The molecule has 0 aliphatic carbocycles. The van der Waals surface area contributed by atoms with Crippen molar-refractivity contribution in [2.45, 2.75) is 45.1 Å². The maximum Gasteiger partial charge on any atom is 0.310 e. The molecular weight excluding hydrogens is 308 g/mol. The van der Waals surface area contributed by atoms with Crippen molar-refractivity contribution in [2.75, 3.05) is 7.11 Å². The van der Waals surface area contributed by atoms with E-state index >= 15 is 0 Å². The third-order valence-corrected chi connectivity index (χ3v) is 4.32. The number of carbonyl (C=O) groups excluding carboxylic acids is 1. The van der Waals surface area contributed by atoms with Gasteiger partial charge in [0.05, 0.1) is 19.6 Å². The minimum atomic E-state index is -0.742. The van der Waals surface area contributed by atoms with E-state index in [9.17, 15) is 14.7 Å². The second-order valence-corrected chi connectivity index (χ2v) is 5.78. The highest BCUT2D eigenvalue weighted by Gasteiger charge is 2.41. The lowest BCUT2D eigenvalue weighted by molar-refractivity contribution is -0.139. The Morgan fingerprint density at radius 3 is 2.82 bits per heavy atom. The lowest BCUT2D eigenvalue weighted by Gasteiger charge is -2.19. The van der Waals surface area contributed by atoms with Crippen LogP contribution in [0.1, 0.15) is 32.1 Å². The Bertz CT molecular complexity index is 668. The molecule has 1 aromatic rings. The van der Waals surface area contributed by atoms with Crippen LogP contribution < -0.4 is 5.56 Å². The fraction of sp³-hybridized carbons (Fsp3) is 0.643. The number of hydrogen-bond acceptors (Lipinski definition) is 6. The summed E-state index contributed by atoms with van der Waals surface area (Å²) in [7, 11) is 1.25. The summed E-state index contributed by atoms with van der Waals surface area (Å²) in [4.78, 5) is 25.8. The van der Waals surface area contributed by atoms with Gasteiger partial charge in [-0.25, -0.2) is 0 Å². The highest BCUT2D eigenvalue weighted by molar-refractivity contribution is 7.71. The molecule has 1 fully saturated rings. The highest BCUT2D eigenvalue weighted by Crippen LogP contribution is 2.35. The van der Waals surface area contributed by atoms with E-state index in [1.54, 1.807) is 0 Å². The van der Waals surface area contributed by atoms with Gasteiger partial charge >= 0.3 is 5.97 Å². The van der Waals surface area contributed by atoms with Gasteiger partial charge in [-0.2, -0.15) is 0 Å². The van der Waals surface area contributed by atoms with Gasteiger partial charge in [0.25, 0.3) is 5.56 Å². The highest BCUT2D eigenvalue weighted by atomic mass is 32.1. The van der Waals surface area contributed by atoms with Crippen LogP contribution in [-0.2, 0) is 20.7 Å². The second-order valence-electron chi connectivity index (χ2n) is 5.40. The summed E-state index contributed by atoms with van der Waals surface area (Å²) in [5.41, 5.74) is -0.233. The van der Waals surface area contributed by atoms with Gasteiger partial charge < -0.3 is 14.6 Å². The van der Waals surface area contributed by atoms with Crippen LogP contribution in [-0.4, -0.2) is 39.9 Å². The van der Waals surface area contributed by atoms with E-state index in [2.05, 4.69) is 9.72 Å². The molecule has 2 N–H and O–H groups in total. The van der Waals surface area contributed by atoms with Crippen LogP contribution >= 0.6 is 12.2 Å². The molecule has 0 bridgehead atoms. The average Bonchev–Trinajstić information content (AvgIpc) is 2.77. The Labute approximate surface area is 132 Å². The molecule has 1 aromatic heterocycles. The van der Waals surface area contributed by atoms with Crippen molar-refractivity contribution in [3.8, 4) is 0 Å². The van der Waals surface area contributed by atoms with Crippen LogP contribution in [0.25, 0.3) is 0 Å². The van der Waals surface area contributed by atoms with Gasteiger partial charge in [0, 0.05) is 17.7 Å². The van der Waals surface area contributed by atoms with Gasteiger partial charge in [-0.1, -0.05) is 13.8 Å². The number of nitrogens with zero attached hydrogens (tertiary/aromatic N) is 1. The van der Waals surface area contributed by atoms with Crippen LogP contribution in [0, 0.1) is 10.7 Å². The van der Waals surface area contributed by atoms with Crippen molar-refractivity contribution < 1.29 is 19.4 Å². The van der Waals surface area contributed by atoms with Crippen molar-refractivity contribution >= 4 is 18.2 Å². The summed E-state index contributed by atoms with van der Waals surface area (Å²) in [6.45, 7) is 3.88. The van der Waals surface area contributed by atoms with Crippen molar-refractivity contribution in [3.05, 3.63) is 26.9 Å². The van der Waals surface area contributed by atoms with Gasteiger partial charge in [-0.05, 0) is 18.6 Å². The minimum Gasteiger partial charge on any atom is -0.469 e. The molecule has 8 heteroatoms. The molecular formula is C14H20N2O5S. The van der Waals surface area contributed by atoms with Gasteiger partial charge in [0.1, 0.15) is 6.10 Å². The first kappa shape index (κ1) is 16.9. The maximum absolute atomic E-state index is 11.9.